The summed E-state index contributed by atoms with van der Waals surface area (Å²) in [4.78, 5) is 28.7. The van der Waals surface area contributed by atoms with Gasteiger partial charge in [-0.1, -0.05) is 36.4 Å². The first-order valence-corrected chi connectivity index (χ1v) is 9.13. The Kier molecular flexibility index (Phi) is 7.82. The van der Waals surface area contributed by atoms with E-state index in [-0.39, 0.29) is 24.2 Å². The summed E-state index contributed by atoms with van der Waals surface area (Å²) in [6.07, 6.45) is 2.20. The fraction of sp³-hybridized carbons (Fsp3) is 0.333. The number of carbonyl (C=O) groups is 2. The van der Waals surface area contributed by atoms with E-state index in [9.17, 15) is 9.59 Å². The first-order valence-electron chi connectivity index (χ1n) is 9.13. The molecule has 1 heterocycles. The summed E-state index contributed by atoms with van der Waals surface area (Å²) >= 11 is 0. The van der Waals surface area contributed by atoms with Crippen LogP contribution >= 0.6 is 12.4 Å². The number of nitrogens with zero attached hydrogens (tertiary/aromatic N) is 2. The van der Waals surface area contributed by atoms with Crippen molar-refractivity contribution in [2.75, 3.05) is 24.5 Å². The number of amides is 2. The van der Waals surface area contributed by atoms with E-state index in [2.05, 4.69) is 0 Å². The molecule has 3 rings (SSSR count). The molecule has 5 nitrogen and oxygen atoms in total. The molecule has 27 heavy (non-hydrogen) atoms. The summed E-state index contributed by atoms with van der Waals surface area (Å²) in [5.74, 6) is 0.0923. The van der Waals surface area contributed by atoms with Gasteiger partial charge in [-0.2, -0.15) is 0 Å². The molecule has 2 aromatic carbocycles. The van der Waals surface area contributed by atoms with Crippen molar-refractivity contribution in [3.05, 3.63) is 65.7 Å². The average Bonchev–Trinajstić information content (AvgIpc) is 3.11. The Morgan fingerprint density at radius 1 is 1.11 bits per heavy atom. The lowest BCUT2D eigenvalue weighted by molar-refractivity contribution is -0.117. The molecule has 1 aliphatic rings. The van der Waals surface area contributed by atoms with Crippen molar-refractivity contribution in [3.8, 4) is 0 Å². The van der Waals surface area contributed by atoms with E-state index in [1.807, 2.05) is 59.5 Å². The minimum Gasteiger partial charge on any atom is -0.334 e. The van der Waals surface area contributed by atoms with Gasteiger partial charge in [0, 0.05) is 37.3 Å². The van der Waals surface area contributed by atoms with Crippen molar-refractivity contribution >= 4 is 29.9 Å². The second-order valence-corrected chi connectivity index (χ2v) is 6.55. The minimum atomic E-state index is -0.0317. The number of carbonyl (C=O) groups excluding carboxylic acids is 2. The molecule has 0 aliphatic carbocycles. The second-order valence-electron chi connectivity index (χ2n) is 6.55. The Hall–Kier alpha value is -2.37. The Bertz CT molecular complexity index is 767. The molecule has 6 heteroatoms. The van der Waals surface area contributed by atoms with E-state index in [4.69, 9.17) is 5.73 Å². The van der Waals surface area contributed by atoms with Crippen LogP contribution in [0, 0.1) is 0 Å². The molecule has 0 radical (unpaired) electrons. The van der Waals surface area contributed by atoms with Crippen LogP contribution < -0.4 is 10.6 Å². The number of anilines is 1. The van der Waals surface area contributed by atoms with Crippen molar-refractivity contribution in [1.82, 2.24) is 4.90 Å². The molecule has 2 amide bonds. The molecule has 0 aromatic heterocycles. The molecule has 1 aliphatic heterocycles. The van der Waals surface area contributed by atoms with Gasteiger partial charge in [-0.15, -0.1) is 12.4 Å². The number of benzene rings is 2. The Morgan fingerprint density at radius 2 is 1.89 bits per heavy atom. The molecule has 1 saturated heterocycles. The van der Waals surface area contributed by atoms with Gasteiger partial charge in [-0.25, -0.2) is 0 Å². The topological polar surface area (TPSA) is 66.6 Å². The quantitative estimate of drug-likeness (QED) is 0.793. The maximum absolute atomic E-state index is 13.1. The van der Waals surface area contributed by atoms with Gasteiger partial charge in [0.2, 0.25) is 5.91 Å². The van der Waals surface area contributed by atoms with Crippen LogP contribution in [0.3, 0.4) is 0 Å². The van der Waals surface area contributed by atoms with E-state index in [0.717, 1.165) is 30.6 Å². The molecule has 2 aromatic rings. The Balaban J connectivity index is 0.00000261. The molecule has 0 spiro atoms. The molecular formula is C21H26ClN3O2. The molecule has 2 N–H and O–H groups in total. The third kappa shape index (κ3) is 5.31. The molecular weight excluding hydrogens is 362 g/mol. The highest BCUT2D eigenvalue weighted by Crippen LogP contribution is 2.23. The van der Waals surface area contributed by atoms with Crippen molar-refractivity contribution in [1.29, 1.82) is 0 Å². The van der Waals surface area contributed by atoms with Crippen LogP contribution in [0.4, 0.5) is 5.69 Å². The maximum atomic E-state index is 13.1. The van der Waals surface area contributed by atoms with E-state index >= 15 is 0 Å². The normalized spacial score (nSPS) is 13.4. The third-order valence-corrected chi connectivity index (χ3v) is 4.61. The predicted molar refractivity (Wildman–Crippen MR) is 110 cm³/mol. The highest BCUT2D eigenvalue weighted by atomic mass is 35.5. The van der Waals surface area contributed by atoms with Gasteiger partial charge in [-0.05, 0) is 43.1 Å². The summed E-state index contributed by atoms with van der Waals surface area (Å²) in [6, 6.07) is 17.3. The van der Waals surface area contributed by atoms with Crippen molar-refractivity contribution in [2.45, 2.75) is 25.8 Å². The SMILES string of the molecule is Cl.NCCCN(Cc1ccccc1)C(=O)c1cccc(N2CCCC2=O)c1. The van der Waals surface area contributed by atoms with Gasteiger partial charge >= 0.3 is 0 Å². The molecule has 0 atom stereocenters. The van der Waals surface area contributed by atoms with Gasteiger partial charge in [-0.3, -0.25) is 9.59 Å². The van der Waals surface area contributed by atoms with Crippen LogP contribution in [0.15, 0.2) is 54.6 Å². The van der Waals surface area contributed by atoms with E-state index in [1.165, 1.54) is 0 Å². The molecule has 1 fully saturated rings. The number of halogens is 1. The predicted octanol–water partition coefficient (Wildman–Crippen LogP) is 3.23. The number of hydrogen-bond donors (Lipinski definition) is 1. The molecule has 0 unspecified atom stereocenters. The highest BCUT2D eigenvalue weighted by molar-refractivity contribution is 5.99. The van der Waals surface area contributed by atoms with Gasteiger partial charge in [0.05, 0.1) is 0 Å². The molecule has 0 bridgehead atoms. The second kappa shape index (κ2) is 10.1. The van der Waals surface area contributed by atoms with Gasteiger partial charge in [0.1, 0.15) is 0 Å². The summed E-state index contributed by atoms with van der Waals surface area (Å²) in [6.45, 7) is 2.42. The van der Waals surface area contributed by atoms with E-state index in [1.54, 1.807) is 4.90 Å². The van der Waals surface area contributed by atoms with Gasteiger partial charge in [0.15, 0.2) is 0 Å². The minimum absolute atomic E-state index is 0. The van der Waals surface area contributed by atoms with Crippen LogP contribution in [0.1, 0.15) is 35.2 Å². The Labute approximate surface area is 166 Å². The average molecular weight is 388 g/mol. The zero-order valence-corrected chi connectivity index (χ0v) is 16.2. The summed E-state index contributed by atoms with van der Waals surface area (Å²) in [5, 5.41) is 0. The van der Waals surface area contributed by atoms with Crippen LogP contribution in [0.5, 0.6) is 0 Å². The standard InChI is InChI=1S/C21H25N3O2.ClH/c22-12-6-13-23(16-17-7-2-1-3-8-17)21(26)18-9-4-10-19(15-18)24-14-5-11-20(24)25;/h1-4,7-10,15H,5-6,11-14,16,22H2;1H. The number of nitrogens with two attached hydrogens (primary N) is 1. The Morgan fingerprint density at radius 3 is 2.56 bits per heavy atom. The summed E-state index contributed by atoms with van der Waals surface area (Å²) < 4.78 is 0. The molecule has 0 saturated carbocycles. The molecule has 144 valence electrons. The lowest BCUT2D eigenvalue weighted by atomic mass is 10.1. The van der Waals surface area contributed by atoms with Crippen molar-refractivity contribution in [2.24, 2.45) is 5.73 Å². The third-order valence-electron chi connectivity index (χ3n) is 4.61. The highest BCUT2D eigenvalue weighted by Gasteiger charge is 2.23. The first kappa shape index (κ1) is 20.9. The van der Waals surface area contributed by atoms with Crippen molar-refractivity contribution in [3.63, 3.8) is 0 Å². The summed E-state index contributed by atoms with van der Waals surface area (Å²) in [5.41, 5.74) is 8.15. The fourth-order valence-corrected chi connectivity index (χ4v) is 3.25. The van der Waals surface area contributed by atoms with Crippen LogP contribution in [0.25, 0.3) is 0 Å². The smallest absolute Gasteiger partial charge is 0.254 e. The van der Waals surface area contributed by atoms with Crippen LogP contribution in [-0.2, 0) is 11.3 Å². The van der Waals surface area contributed by atoms with Crippen molar-refractivity contribution < 1.29 is 9.59 Å². The fourth-order valence-electron chi connectivity index (χ4n) is 3.25. The zero-order valence-electron chi connectivity index (χ0n) is 15.3. The summed E-state index contributed by atoms with van der Waals surface area (Å²) in [7, 11) is 0. The monoisotopic (exact) mass is 387 g/mol. The van der Waals surface area contributed by atoms with Gasteiger partial charge in [0.25, 0.3) is 5.91 Å². The lowest BCUT2D eigenvalue weighted by Gasteiger charge is -2.24. The van der Waals surface area contributed by atoms with E-state index < -0.39 is 0 Å². The zero-order chi connectivity index (χ0) is 18.4. The first-order chi connectivity index (χ1) is 12.7. The van der Waals surface area contributed by atoms with E-state index in [0.29, 0.717) is 31.6 Å². The van der Waals surface area contributed by atoms with Crippen LogP contribution in [-0.4, -0.2) is 36.3 Å². The lowest BCUT2D eigenvalue weighted by Crippen LogP contribution is -2.33. The van der Waals surface area contributed by atoms with Gasteiger partial charge < -0.3 is 15.5 Å². The maximum Gasteiger partial charge on any atom is 0.254 e. The number of hydrogen-bond acceptors (Lipinski definition) is 3. The van der Waals surface area contributed by atoms with Crippen LogP contribution in [0.2, 0.25) is 0 Å². The largest absolute Gasteiger partial charge is 0.334 e. The number of rotatable bonds is 7.